The summed E-state index contributed by atoms with van der Waals surface area (Å²) in [4.78, 5) is 36.4. The Hall–Kier alpha value is -2.68. The van der Waals surface area contributed by atoms with Gasteiger partial charge in [-0.15, -0.1) is 0 Å². The largest absolute Gasteiger partial charge is 0.372 e. The highest BCUT2D eigenvalue weighted by Crippen LogP contribution is 2.20. The molecule has 0 spiro atoms. The van der Waals surface area contributed by atoms with Crippen LogP contribution in [-0.4, -0.2) is 62.8 Å². The van der Waals surface area contributed by atoms with Crippen molar-refractivity contribution in [3.8, 4) is 0 Å². The Bertz CT molecular complexity index is 852. The highest BCUT2D eigenvalue weighted by Gasteiger charge is 2.28. The number of carbonyl (C=O) groups excluding carboxylic acids is 1. The van der Waals surface area contributed by atoms with Crippen molar-refractivity contribution in [2.24, 2.45) is 0 Å². The molecule has 2 aliphatic heterocycles. The standard InChI is InChI=1S/C17H22N6O3/c1-10-7-23(8-11(2)26-10)17-19-14-9-22(6-4-12(14)15(24)20-17)16(25)13-3-5-18-21-13/h3,5,10-11H,4,6-9H2,1-2H3,(H,18,21)(H,19,20,24)/t10-,11-/m0/s1. The lowest BCUT2D eigenvalue weighted by molar-refractivity contribution is -0.00575. The Labute approximate surface area is 150 Å². The molecule has 138 valence electrons. The van der Waals surface area contributed by atoms with Crippen LogP contribution in [0.15, 0.2) is 17.1 Å². The summed E-state index contributed by atoms with van der Waals surface area (Å²) >= 11 is 0. The maximum Gasteiger partial charge on any atom is 0.272 e. The van der Waals surface area contributed by atoms with Gasteiger partial charge in [-0.3, -0.25) is 19.7 Å². The molecule has 26 heavy (non-hydrogen) atoms. The zero-order valence-corrected chi connectivity index (χ0v) is 14.9. The number of aromatic nitrogens is 4. The molecule has 0 unspecified atom stereocenters. The molecule has 1 amide bonds. The molecule has 9 heteroatoms. The van der Waals surface area contributed by atoms with Crippen molar-refractivity contribution in [2.75, 3.05) is 24.5 Å². The molecule has 4 heterocycles. The Morgan fingerprint density at radius 1 is 1.31 bits per heavy atom. The van der Waals surface area contributed by atoms with E-state index in [1.165, 1.54) is 0 Å². The predicted octanol–water partition coefficient (Wildman–Crippen LogP) is 0.305. The molecule has 2 atom stereocenters. The second-order valence-corrected chi connectivity index (χ2v) is 6.92. The highest BCUT2D eigenvalue weighted by molar-refractivity contribution is 5.92. The average Bonchev–Trinajstić information content (AvgIpc) is 3.14. The molecule has 0 saturated carbocycles. The number of ether oxygens (including phenoxy) is 1. The van der Waals surface area contributed by atoms with Crippen molar-refractivity contribution in [2.45, 2.75) is 39.0 Å². The van der Waals surface area contributed by atoms with Crippen molar-refractivity contribution in [1.82, 2.24) is 25.1 Å². The zero-order chi connectivity index (χ0) is 18.3. The Balaban J connectivity index is 1.60. The Morgan fingerprint density at radius 2 is 2.08 bits per heavy atom. The lowest BCUT2D eigenvalue weighted by Crippen LogP contribution is -2.47. The van der Waals surface area contributed by atoms with Crippen LogP contribution in [0.5, 0.6) is 0 Å². The second-order valence-electron chi connectivity index (χ2n) is 6.92. The molecule has 0 aromatic carbocycles. The van der Waals surface area contributed by atoms with E-state index in [4.69, 9.17) is 4.74 Å². The highest BCUT2D eigenvalue weighted by atomic mass is 16.5. The molecule has 2 aromatic rings. The van der Waals surface area contributed by atoms with Crippen LogP contribution in [-0.2, 0) is 17.7 Å². The monoisotopic (exact) mass is 358 g/mol. The Kier molecular flexibility index (Phi) is 4.23. The Morgan fingerprint density at radius 3 is 2.77 bits per heavy atom. The fourth-order valence-corrected chi connectivity index (χ4v) is 3.65. The smallest absolute Gasteiger partial charge is 0.272 e. The van der Waals surface area contributed by atoms with Gasteiger partial charge in [0.25, 0.3) is 11.5 Å². The molecule has 0 radical (unpaired) electrons. The lowest BCUT2D eigenvalue weighted by atomic mass is 10.1. The van der Waals surface area contributed by atoms with E-state index in [-0.39, 0.29) is 23.7 Å². The van der Waals surface area contributed by atoms with E-state index in [0.717, 1.165) is 0 Å². The molecule has 2 aromatic heterocycles. The summed E-state index contributed by atoms with van der Waals surface area (Å²) in [6.45, 7) is 6.15. The van der Waals surface area contributed by atoms with Crippen LogP contribution >= 0.6 is 0 Å². The maximum absolute atomic E-state index is 12.5. The lowest BCUT2D eigenvalue weighted by Gasteiger charge is -2.36. The quantitative estimate of drug-likeness (QED) is 0.800. The first-order chi connectivity index (χ1) is 12.5. The zero-order valence-electron chi connectivity index (χ0n) is 14.9. The van der Waals surface area contributed by atoms with E-state index in [1.54, 1.807) is 17.2 Å². The summed E-state index contributed by atoms with van der Waals surface area (Å²) in [6, 6.07) is 1.64. The van der Waals surface area contributed by atoms with Gasteiger partial charge in [-0.05, 0) is 26.3 Å². The number of aromatic amines is 2. The predicted molar refractivity (Wildman–Crippen MR) is 94.1 cm³/mol. The summed E-state index contributed by atoms with van der Waals surface area (Å²) in [5, 5.41) is 6.52. The van der Waals surface area contributed by atoms with Crippen LogP contribution in [0.4, 0.5) is 5.95 Å². The number of H-pyrrole nitrogens is 2. The minimum Gasteiger partial charge on any atom is -0.372 e. The van der Waals surface area contributed by atoms with Gasteiger partial charge in [-0.1, -0.05) is 0 Å². The molecule has 0 aliphatic carbocycles. The molecule has 4 rings (SSSR count). The summed E-state index contributed by atoms with van der Waals surface area (Å²) in [5.74, 6) is 0.414. The second kappa shape index (κ2) is 6.56. The van der Waals surface area contributed by atoms with Gasteiger partial charge in [0.15, 0.2) is 0 Å². The number of hydrogen-bond donors (Lipinski definition) is 2. The number of nitrogens with one attached hydrogen (secondary N) is 2. The minimum absolute atomic E-state index is 0.0681. The van der Waals surface area contributed by atoms with Crippen molar-refractivity contribution in [1.29, 1.82) is 0 Å². The first-order valence-corrected chi connectivity index (χ1v) is 8.82. The van der Waals surface area contributed by atoms with Gasteiger partial charge < -0.3 is 14.5 Å². The van der Waals surface area contributed by atoms with E-state index in [1.807, 2.05) is 18.7 Å². The van der Waals surface area contributed by atoms with E-state index in [0.29, 0.717) is 55.5 Å². The van der Waals surface area contributed by atoms with E-state index >= 15 is 0 Å². The molecule has 2 N–H and O–H groups in total. The molecule has 1 fully saturated rings. The average molecular weight is 358 g/mol. The number of hydrogen-bond acceptors (Lipinski definition) is 6. The number of rotatable bonds is 2. The van der Waals surface area contributed by atoms with Crippen molar-refractivity contribution in [3.05, 3.63) is 39.6 Å². The third-order valence-corrected chi connectivity index (χ3v) is 4.80. The first kappa shape index (κ1) is 16.8. The van der Waals surface area contributed by atoms with Crippen molar-refractivity contribution < 1.29 is 9.53 Å². The molecule has 2 aliphatic rings. The van der Waals surface area contributed by atoms with Crippen LogP contribution in [0.3, 0.4) is 0 Å². The van der Waals surface area contributed by atoms with Crippen LogP contribution in [0.2, 0.25) is 0 Å². The summed E-state index contributed by atoms with van der Waals surface area (Å²) < 4.78 is 5.75. The van der Waals surface area contributed by atoms with E-state index in [2.05, 4.69) is 20.2 Å². The van der Waals surface area contributed by atoms with Gasteiger partial charge in [-0.2, -0.15) is 5.10 Å². The van der Waals surface area contributed by atoms with Crippen LogP contribution in [0, 0.1) is 0 Å². The minimum atomic E-state index is -0.134. The molecular weight excluding hydrogens is 336 g/mol. The van der Waals surface area contributed by atoms with Crippen molar-refractivity contribution in [3.63, 3.8) is 0 Å². The normalized spacial score (nSPS) is 23.0. The third kappa shape index (κ3) is 3.10. The molecule has 0 bridgehead atoms. The van der Waals surface area contributed by atoms with Crippen LogP contribution in [0.25, 0.3) is 0 Å². The number of carbonyl (C=O) groups is 1. The molecule has 9 nitrogen and oxygen atoms in total. The number of amides is 1. The van der Waals surface area contributed by atoms with E-state index < -0.39 is 0 Å². The van der Waals surface area contributed by atoms with Gasteiger partial charge in [0, 0.05) is 31.4 Å². The molecule has 1 saturated heterocycles. The topological polar surface area (TPSA) is 107 Å². The van der Waals surface area contributed by atoms with Gasteiger partial charge in [0.1, 0.15) is 5.69 Å². The SMILES string of the molecule is C[C@H]1CN(c2nc3c(c(=O)[nH]2)CCN(C(=O)c2ccn[nH]2)C3)C[C@H](C)O1. The van der Waals surface area contributed by atoms with Crippen LogP contribution in [0.1, 0.15) is 35.6 Å². The van der Waals surface area contributed by atoms with Gasteiger partial charge in [0.05, 0.1) is 24.4 Å². The number of fused-ring (bicyclic) bond motifs is 1. The van der Waals surface area contributed by atoms with Gasteiger partial charge in [0.2, 0.25) is 5.95 Å². The first-order valence-electron chi connectivity index (χ1n) is 8.82. The van der Waals surface area contributed by atoms with Crippen LogP contribution < -0.4 is 10.5 Å². The fraction of sp³-hybridized carbons (Fsp3) is 0.529. The fourth-order valence-electron chi connectivity index (χ4n) is 3.65. The third-order valence-electron chi connectivity index (χ3n) is 4.80. The summed E-state index contributed by atoms with van der Waals surface area (Å²) in [7, 11) is 0. The maximum atomic E-state index is 12.5. The number of anilines is 1. The summed E-state index contributed by atoms with van der Waals surface area (Å²) in [5.41, 5.74) is 1.64. The van der Waals surface area contributed by atoms with Gasteiger partial charge >= 0.3 is 0 Å². The number of morpholine rings is 1. The number of nitrogens with zero attached hydrogens (tertiary/aromatic N) is 4. The van der Waals surface area contributed by atoms with Crippen molar-refractivity contribution >= 4 is 11.9 Å². The summed E-state index contributed by atoms with van der Waals surface area (Å²) in [6.07, 6.45) is 2.18. The van der Waals surface area contributed by atoms with E-state index in [9.17, 15) is 9.59 Å². The molecular formula is C17H22N6O3. The van der Waals surface area contributed by atoms with Gasteiger partial charge in [-0.25, -0.2) is 4.98 Å².